The molecule has 0 saturated heterocycles. The molecule has 94 valence electrons. The number of fused-ring (bicyclic) bond motifs is 1. The zero-order chi connectivity index (χ0) is 12.5. The van der Waals surface area contributed by atoms with Crippen molar-refractivity contribution in [3.63, 3.8) is 0 Å². The standard InChI is InChI=1S/C11H16N2O3S/c1-13-6-4-9-8-10(2-3-11(9)13)12-5-7-17(14,15)16/h2-3,8,12H,4-7H2,1H3,(H,14,15,16). The largest absolute Gasteiger partial charge is 0.384 e. The fourth-order valence-electron chi connectivity index (χ4n) is 2.00. The number of hydrogen-bond acceptors (Lipinski definition) is 4. The van der Waals surface area contributed by atoms with Crippen molar-refractivity contribution in [2.45, 2.75) is 6.42 Å². The molecule has 1 heterocycles. The van der Waals surface area contributed by atoms with Crippen LogP contribution in [0.2, 0.25) is 0 Å². The molecule has 0 bridgehead atoms. The van der Waals surface area contributed by atoms with Gasteiger partial charge < -0.3 is 10.2 Å². The Bertz CT molecular complexity index is 513. The number of nitrogens with one attached hydrogen (secondary N) is 1. The second kappa shape index (κ2) is 4.54. The van der Waals surface area contributed by atoms with E-state index in [0.717, 1.165) is 18.7 Å². The molecule has 6 heteroatoms. The van der Waals surface area contributed by atoms with Crippen molar-refractivity contribution in [2.24, 2.45) is 0 Å². The fraction of sp³-hybridized carbons (Fsp3) is 0.455. The van der Waals surface area contributed by atoms with Crippen molar-refractivity contribution in [1.82, 2.24) is 0 Å². The molecule has 2 N–H and O–H groups in total. The number of rotatable bonds is 4. The average molecular weight is 256 g/mol. The number of hydrogen-bond donors (Lipinski definition) is 2. The summed E-state index contributed by atoms with van der Waals surface area (Å²) in [6, 6.07) is 5.98. The second-order valence-electron chi connectivity index (χ2n) is 4.23. The molecule has 1 aromatic rings. The Morgan fingerprint density at radius 1 is 1.47 bits per heavy atom. The van der Waals surface area contributed by atoms with E-state index in [9.17, 15) is 8.42 Å². The summed E-state index contributed by atoms with van der Waals surface area (Å²) in [6.45, 7) is 1.23. The Hall–Kier alpha value is -1.27. The maximum atomic E-state index is 10.6. The minimum atomic E-state index is -3.89. The quantitative estimate of drug-likeness (QED) is 0.786. The minimum absolute atomic E-state index is 0.216. The summed E-state index contributed by atoms with van der Waals surface area (Å²) in [5, 5.41) is 2.99. The summed E-state index contributed by atoms with van der Waals surface area (Å²) in [7, 11) is -1.83. The second-order valence-corrected chi connectivity index (χ2v) is 5.80. The van der Waals surface area contributed by atoms with E-state index >= 15 is 0 Å². The summed E-state index contributed by atoms with van der Waals surface area (Å²) in [4.78, 5) is 2.19. The van der Waals surface area contributed by atoms with Crippen LogP contribution in [-0.2, 0) is 16.5 Å². The monoisotopic (exact) mass is 256 g/mol. The average Bonchev–Trinajstić information content (AvgIpc) is 2.58. The molecule has 0 unspecified atom stereocenters. The van der Waals surface area contributed by atoms with Crippen LogP contribution in [0.15, 0.2) is 18.2 Å². The van der Waals surface area contributed by atoms with Crippen LogP contribution in [0.1, 0.15) is 5.56 Å². The Kier molecular flexibility index (Phi) is 3.26. The summed E-state index contributed by atoms with van der Waals surface area (Å²) in [5.74, 6) is -0.274. The summed E-state index contributed by atoms with van der Waals surface area (Å²) >= 11 is 0. The summed E-state index contributed by atoms with van der Waals surface area (Å²) < 4.78 is 29.7. The van der Waals surface area contributed by atoms with Crippen molar-refractivity contribution >= 4 is 21.5 Å². The molecular weight excluding hydrogens is 240 g/mol. The van der Waals surface area contributed by atoms with Crippen LogP contribution in [0, 0.1) is 0 Å². The van der Waals surface area contributed by atoms with Crippen molar-refractivity contribution in [3.05, 3.63) is 23.8 Å². The van der Waals surface area contributed by atoms with Crippen LogP contribution >= 0.6 is 0 Å². The predicted molar refractivity (Wildman–Crippen MR) is 68.3 cm³/mol. The van der Waals surface area contributed by atoms with E-state index in [-0.39, 0.29) is 12.3 Å². The highest BCUT2D eigenvalue weighted by atomic mass is 32.2. The van der Waals surface area contributed by atoms with Crippen LogP contribution in [0.5, 0.6) is 0 Å². The van der Waals surface area contributed by atoms with Gasteiger partial charge in [0, 0.05) is 31.5 Å². The lowest BCUT2D eigenvalue weighted by Crippen LogP contribution is -2.14. The molecule has 1 aliphatic rings. The number of likely N-dealkylation sites (N-methyl/N-ethyl adjacent to an activating group) is 1. The third-order valence-corrected chi connectivity index (χ3v) is 3.62. The Balaban J connectivity index is 1.99. The van der Waals surface area contributed by atoms with Gasteiger partial charge in [-0.1, -0.05) is 0 Å². The summed E-state index contributed by atoms with van der Waals surface area (Å²) in [5.41, 5.74) is 3.39. The molecule has 1 aliphatic heterocycles. The van der Waals surface area contributed by atoms with E-state index in [1.54, 1.807) is 0 Å². The highest BCUT2D eigenvalue weighted by Gasteiger charge is 2.15. The van der Waals surface area contributed by atoms with Gasteiger partial charge in [0.1, 0.15) is 0 Å². The van der Waals surface area contributed by atoms with Crippen molar-refractivity contribution in [2.75, 3.05) is 36.1 Å². The van der Waals surface area contributed by atoms with Crippen LogP contribution < -0.4 is 10.2 Å². The molecule has 0 aliphatic carbocycles. The van der Waals surface area contributed by atoms with E-state index < -0.39 is 10.1 Å². The first-order valence-corrected chi connectivity index (χ1v) is 7.10. The SMILES string of the molecule is CN1CCc2cc(NCCS(=O)(=O)O)ccc21. The Morgan fingerprint density at radius 2 is 2.24 bits per heavy atom. The third kappa shape index (κ3) is 3.10. The third-order valence-electron chi connectivity index (χ3n) is 2.90. The van der Waals surface area contributed by atoms with Gasteiger partial charge in [-0.25, -0.2) is 0 Å². The maximum absolute atomic E-state index is 10.6. The van der Waals surface area contributed by atoms with E-state index in [4.69, 9.17) is 4.55 Å². The van der Waals surface area contributed by atoms with E-state index in [1.165, 1.54) is 11.3 Å². The molecule has 0 atom stereocenters. The normalized spacial score (nSPS) is 14.8. The smallest absolute Gasteiger partial charge is 0.266 e. The number of benzene rings is 1. The zero-order valence-corrected chi connectivity index (χ0v) is 10.5. The van der Waals surface area contributed by atoms with E-state index in [1.807, 2.05) is 18.2 Å². The van der Waals surface area contributed by atoms with Crippen molar-refractivity contribution < 1.29 is 13.0 Å². The van der Waals surface area contributed by atoms with Crippen molar-refractivity contribution in [1.29, 1.82) is 0 Å². The predicted octanol–water partition coefficient (Wildman–Crippen LogP) is 0.979. The lowest BCUT2D eigenvalue weighted by molar-refractivity contribution is 0.484. The molecule has 0 spiro atoms. The molecule has 0 fully saturated rings. The van der Waals surface area contributed by atoms with Gasteiger partial charge >= 0.3 is 0 Å². The van der Waals surface area contributed by atoms with Crippen LogP contribution in [0.4, 0.5) is 11.4 Å². The molecule has 5 nitrogen and oxygen atoms in total. The van der Waals surface area contributed by atoms with Gasteiger partial charge in [0.05, 0.1) is 5.75 Å². The molecule has 1 aromatic carbocycles. The number of anilines is 2. The molecular formula is C11H16N2O3S. The molecule has 0 radical (unpaired) electrons. The molecule has 0 saturated carbocycles. The molecule has 2 rings (SSSR count). The maximum Gasteiger partial charge on any atom is 0.266 e. The Morgan fingerprint density at radius 3 is 2.94 bits per heavy atom. The minimum Gasteiger partial charge on any atom is -0.384 e. The molecule has 17 heavy (non-hydrogen) atoms. The first-order chi connectivity index (χ1) is 7.96. The first-order valence-electron chi connectivity index (χ1n) is 5.49. The van der Waals surface area contributed by atoms with Crippen molar-refractivity contribution in [3.8, 4) is 0 Å². The van der Waals surface area contributed by atoms with E-state index in [0.29, 0.717) is 0 Å². The highest BCUT2D eigenvalue weighted by Crippen LogP contribution is 2.28. The van der Waals surface area contributed by atoms with Crippen LogP contribution in [0.25, 0.3) is 0 Å². The molecule has 0 aromatic heterocycles. The lowest BCUT2D eigenvalue weighted by Gasteiger charge is -2.12. The highest BCUT2D eigenvalue weighted by molar-refractivity contribution is 7.85. The zero-order valence-electron chi connectivity index (χ0n) is 9.68. The van der Waals surface area contributed by atoms with E-state index in [2.05, 4.69) is 17.3 Å². The van der Waals surface area contributed by atoms with Gasteiger partial charge in [0.25, 0.3) is 10.1 Å². The summed E-state index contributed by atoms with van der Waals surface area (Å²) in [6.07, 6.45) is 1.01. The fourth-order valence-corrected chi connectivity index (χ4v) is 2.36. The van der Waals surface area contributed by atoms with Gasteiger partial charge in [0.15, 0.2) is 0 Å². The first kappa shape index (κ1) is 12.2. The van der Waals surface area contributed by atoms with Gasteiger partial charge in [-0.05, 0) is 30.2 Å². The molecule has 0 amide bonds. The Labute approximate surface area is 101 Å². The topological polar surface area (TPSA) is 69.6 Å². The lowest BCUT2D eigenvalue weighted by atomic mass is 10.1. The van der Waals surface area contributed by atoms with Crippen LogP contribution in [-0.4, -0.2) is 38.9 Å². The van der Waals surface area contributed by atoms with Gasteiger partial charge in [-0.2, -0.15) is 8.42 Å². The van der Waals surface area contributed by atoms with Gasteiger partial charge in [-0.15, -0.1) is 0 Å². The van der Waals surface area contributed by atoms with Crippen LogP contribution in [0.3, 0.4) is 0 Å². The van der Waals surface area contributed by atoms with Gasteiger partial charge in [0.2, 0.25) is 0 Å². The number of nitrogens with zero attached hydrogens (tertiary/aromatic N) is 1. The van der Waals surface area contributed by atoms with Gasteiger partial charge in [-0.3, -0.25) is 4.55 Å².